The van der Waals surface area contributed by atoms with Gasteiger partial charge in [-0.05, 0) is 63.2 Å². The summed E-state index contributed by atoms with van der Waals surface area (Å²) in [6, 6.07) is 18.0. The van der Waals surface area contributed by atoms with Crippen molar-refractivity contribution in [3.8, 4) is 0 Å². The van der Waals surface area contributed by atoms with Crippen LogP contribution in [-0.2, 0) is 23.8 Å². The average molecular weight is 534 g/mol. The van der Waals surface area contributed by atoms with Crippen LogP contribution in [0.1, 0.15) is 49.1 Å². The van der Waals surface area contributed by atoms with Crippen molar-refractivity contribution in [2.75, 3.05) is 11.9 Å². The fraction of sp³-hybridized carbons (Fsp3) is 0.207. The minimum atomic E-state index is -2.19. The Bertz CT molecular complexity index is 1360. The Labute approximate surface area is 224 Å². The number of carbonyl (C=O) groups is 5. The second-order valence-electron chi connectivity index (χ2n) is 8.51. The van der Waals surface area contributed by atoms with Gasteiger partial charge in [0, 0.05) is 5.69 Å². The molecule has 2 N–H and O–H groups in total. The van der Waals surface area contributed by atoms with E-state index in [1.807, 2.05) is 0 Å². The molecule has 10 nitrogen and oxygen atoms in total. The molecule has 0 unspecified atom stereocenters. The molecule has 10 heteroatoms. The molecule has 1 amide bonds. The first-order valence-corrected chi connectivity index (χ1v) is 11.9. The quantitative estimate of drug-likeness (QED) is 0.292. The Morgan fingerprint density at radius 2 is 1.23 bits per heavy atom. The Hall–Kier alpha value is -4.99. The second kappa shape index (κ2) is 13.0. The molecule has 0 aromatic heterocycles. The first kappa shape index (κ1) is 28.6. The van der Waals surface area contributed by atoms with Gasteiger partial charge in [-0.15, -0.1) is 0 Å². The average Bonchev–Trinajstić information content (AvgIpc) is 2.91. The fourth-order valence-electron chi connectivity index (χ4n) is 3.39. The van der Waals surface area contributed by atoms with Gasteiger partial charge in [0.25, 0.3) is 5.91 Å². The van der Waals surface area contributed by atoms with E-state index >= 15 is 0 Å². The molecule has 0 aliphatic rings. The highest BCUT2D eigenvalue weighted by Gasteiger charge is 2.41. The van der Waals surface area contributed by atoms with E-state index in [9.17, 15) is 29.1 Å². The van der Waals surface area contributed by atoms with E-state index in [1.54, 1.807) is 45.0 Å². The Morgan fingerprint density at radius 1 is 0.718 bits per heavy atom. The number of esters is 3. The maximum atomic E-state index is 13.3. The molecule has 3 aromatic rings. The molecule has 0 saturated carbocycles. The van der Waals surface area contributed by atoms with Gasteiger partial charge < -0.3 is 24.6 Å². The highest BCUT2D eigenvalue weighted by atomic mass is 16.6. The van der Waals surface area contributed by atoms with E-state index in [-0.39, 0.29) is 29.0 Å². The number of aliphatic carboxylic acids is 1. The lowest BCUT2D eigenvalue weighted by atomic mass is 10.1. The van der Waals surface area contributed by atoms with Gasteiger partial charge in [-0.2, -0.15) is 0 Å². The van der Waals surface area contributed by atoms with Crippen molar-refractivity contribution in [2.24, 2.45) is 0 Å². The summed E-state index contributed by atoms with van der Waals surface area (Å²) in [6.07, 6.45) is -4.28. The summed E-state index contributed by atoms with van der Waals surface area (Å²) < 4.78 is 15.4. The predicted molar refractivity (Wildman–Crippen MR) is 139 cm³/mol. The van der Waals surface area contributed by atoms with Crippen molar-refractivity contribution in [3.05, 3.63) is 101 Å². The summed E-state index contributed by atoms with van der Waals surface area (Å²) in [5.74, 6) is -5.48. The number of aryl methyl sites for hydroxylation is 2. The number of rotatable bonds is 10. The Morgan fingerprint density at radius 3 is 1.72 bits per heavy atom. The van der Waals surface area contributed by atoms with Crippen molar-refractivity contribution < 1.29 is 43.3 Å². The summed E-state index contributed by atoms with van der Waals surface area (Å²) in [4.78, 5) is 63.1. The van der Waals surface area contributed by atoms with Gasteiger partial charge in [0.2, 0.25) is 12.2 Å². The van der Waals surface area contributed by atoms with Crippen LogP contribution in [0.25, 0.3) is 0 Å². The van der Waals surface area contributed by atoms with Gasteiger partial charge in [-0.25, -0.2) is 19.2 Å². The van der Waals surface area contributed by atoms with E-state index in [2.05, 4.69) is 5.32 Å². The molecule has 2 atom stereocenters. The smallest absolute Gasteiger partial charge is 0.349 e. The maximum Gasteiger partial charge on any atom is 0.349 e. The van der Waals surface area contributed by atoms with Crippen molar-refractivity contribution >= 4 is 35.5 Å². The molecule has 0 spiro atoms. The molecule has 0 bridgehead atoms. The normalized spacial score (nSPS) is 12.0. The Balaban J connectivity index is 1.92. The van der Waals surface area contributed by atoms with Crippen molar-refractivity contribution in [1.29, 1.82) is 0 Å². The summed E-state index contributed by atoms with van der Waals surface area (Å²) in [7, 11) is 0. The van der Waals surface area contributed by atoms with Crippen molar-refractivity contribution in [2.45, 2.75) is 33.0 Å². The largest absolute Gasteiger partial charge is 0.478 e. The molecule has 0 heterocycles. The maximum absolute atomic E-state index is 13.3. The predicted octanol–water partition coefficient (Wildman–Crippen LogP) is 3.95. The molecular weight excluding hydrogens is 506 g/mol. The molecular formula is C29H27NO9. The summed E-state index contributed by atoms with van der Waals surface area (Å²) in [5, 5.41) is 12.3. The minimum Gasteiger partial charge on any atom is -0.478 e. The van der Waals surface area contributed by atoms with Gasteiger partial charge in [0.1, 0.15) is 0 Å². The van der Waals surface area contributed by atoms with E-state index in [0.717, 1.165) is 11.1 Å². The summed E-state index contributed by atoms with van der Waals surface area (Å²) >= 11 is 0. The zero-order valence-electron chi connectivity index (χ0n) is 21.5. The van der Waals surface area contributed by atoms with Crippen LogP contribution in [0, 0.1) is 13.8 Å². The molecule has 0 fully saturated rings. The number of anilines is 1. The number of hydrogen-bond donors (Lipinski definition) is 2. The third kappa shape index (κ3) is 7.75. The lowest BCUT2D eigenvalue weighted by Gasteiger charge is -2.23. The van der Waals surface area contributed by atoms with Crippen LogP contribution >= 0.6 is 0 Å². The minimum absolute atomic E-state index is 0.0398. The van der Waals surface area contributed by atoms with Gasteiger partial charge >= 0.3 is 23.9 Å². The number of nitrogens with one attached hydrogen (secondary N) is 1. The molecule has 0 saturated heterocycles. The number of carboxylic acid groups (broad SMARTS) is 1. The molecule has 39 heavy (non-hydrogen) atoms. The lowest BCUT2D eigenvalue weighted by molar-refractivity contribution is -0.157. The zero-order valence-corrected chi connectivity index (χ0v) is 21.5. The van der Waals surface area contributed by atoms with E-state index < -0.39 is 42.0 Å². The SMILES string of the molecule is CCOC(=O)c1cccc(NC(=O)[C@@H](OC(=O)c2ccc(C)cc2)[C@H](OC(=O)c2ccc(C)cc2)C(=O)O)c1. The highest BCUT2D eigenvalue weighted by Crippen LogP contribution is 2.18. The number of benzene rings is 3. The topological polar surface area (TPSA) is 145 Å². The van der Waals surface area contributed by atoms with Gasteiger partial charge in [0.05, 0.1) is 23.3 Å². The van der Waals surface area contributed by atoms with Gasteiger partial charge in [-0.1, -0.05) is 41.5 Å². The third-order valence-corrected chi connectivity index (χ3v) is 5.46. The van der Waals surface area contributed by atoms with E-state index in [4.69, 9.17) is 14.2 Å². The first-order valence-electron chi connectivity index (χ1n) is 11.9. The van der Waals surface area contributed by atoms with Crippen LogP contribution in [0.5, 0.6) is 0 Å². The number of carboxylic acids is 1. The summed E-state index contributed by atoms with van der Waals surface area (Å²) in [5.41, 5.74) is 2.03. The van der Waals surface area contributed by atoms with Crippen LogP contribution in [0.2, 0.25) is 0 Å². The van der Waals surface area contributed by atoms with Gasteiger partial charge in [-0.3, -0.25) is 4.79 Å². The standard InChI is InChI=1S/C29H27NO9/c1-4-37-27(34)21-6-5-7-22(16-21)30-25(31)23(38-28(35)19-12-8-17(2)9-13-19)24(26(32)33)39-29(36)20-14-10-18(3)11-15-20/h5-16,23-24H,4H2,1-3H3,(H,30,31)(H,32,33)/t23-,24-/m0/s1. The molecule has 0 aliphatic heterocycles. The van der Waals surface area contributed by atoms with Crippen LogP contribution in [0.4, 0.5) is 5.69 Å². The Kier molecular flexibility index (Phi) is 9.53. The lowest BCUT2D eigenvalue weighted by Crippen LogP contribution is -2.48. The fourth-order valence-corrected chi connectivity index (χ4v) is 3.39. The highest BCUT2D eigenvalue weighted by molar-refractivity contribution is 6.02. The number of carbonyl (C=O) groups excluding carboxylic acids is 4. The molecule has 0 aliphatic carbocycles. The van der Waals surface area contributed by atoms with E-state index in [0.29, 0.717) is 0 Å². The molecule has 3 rings (SSSR count). The second-order valence-corrected chi connectivity index (χ2v) is 8.51. The number of hydrogen-bond acceptors (Lipinski definition) is 8. The number of amides is 1. The first-order chi connectivity index (χ1) is 18.6. The van der Waals surface area contributed by atoms with E-state index in [1.165, 1.54) is 48.5 Å². The molecule has 0 radical (unpaired) electrons. The van der Waals surface area contributed by atoms with Crippen LogP contribution < -0.4 is 5.32 Å². The van der Waals surface area contributed by atoms with Crippen LogP contribution in [-0.4, -0.2) is 53.7 Å². The third-order valence-electron chi connectivity index (χ3n) is 5.46. The van der Waals surface area contributed by atoms with Crippen molar-refractivity contribution in [1.82, 2.24) is 0 Å². The van der Waals surface area contributed by atoms with Gasteiger partial charge in [0.15, 0.2) is 0 Å². The molecule has 202 valence electrons. The number of ether oxygens (including phenoxy) is 3. The summed E-state index contributed by atoms with van der Waals surface area (Å²) in [6.45, 7) is 5.39. The molecule has 3 aromatic carbocycles. The van der Waals surface area contributed by atoms with Crippen molar-refractivity contribution in [3.63, 3.8) is 0 Å². The zero-order chi connectivity index (χ0) is 28.5. The monoisotopic (exact) mass is 533 g/mol. The van der Waals surface area contributed by atoms with Crippen LogP contribution in [0.15, 0.2) is 72.8 Å². The van der Waals surface area contributed by atoms with Crippen LogP contribution in [0.3, 0.4) is 0 Å².